The molecule has 3 atom stereocenters. The van der Waals surface area contributed by atoms with Crippen LogP contribution in [0.25, 0.3) is 0 Å². The molecule has 11 heteroatoms. The maximum Gasteiger partial charge on any atom is 0.332 e. The Labute approximate surface area is 367 Å². The van der Waals surface area contributed by atoms with Gasteiger partial charge in [0, 0.05) is 32.4 Å². The first kappa shape index (κ1) is 57.8. The van der Waals surface area contributed by atoms with Gasteiger partial charge in [-0.3, -0.25) is 14.4 Å². The van der Waals surface area contributed by atoms with E-state index in [2.05, 4.69) is 31.4 Å². The molecule has 0 aliphatic heterocycles. The first-order chi connectivity index (χ1) is 29.2. The zero-order valence-electron chi connectivity index (χ0n) is 39.1. The minimum Gasteiger partial charge on any atom is -0.396 e. The van der Waals surface area contributed by atoms with Gasteiger partial charge in [0.15, 0.2) is 6.04 Å². The number of carbonyl (C=O) groups excluding carboxylic acids is 4. The number of hydroxylamine groups is 2. The Morgan fingerprint density at radius 3 is 1.42 bits per heavy atom. The van der Waals surface area contributed by atoms with Crippen LogP contribution < -0.4 is 10.6 Å². The number of nitrogens with zero attached hydrogens (tertiary/aromatic N) is 1. The number of amides is 3. The summed E-state index contributed by atoms with van der Waals surface area (Å²) in [4.78, 5) is 58.3. The van der Waals surface area contributed by atoms with E-state index in [0.29, 0.717) is 32.1 Å². The van der Waals surface area contributed by atoms with Crippen LogP contribution in [0.2, 0.25) is 0 Å². The van der Waals surface area contributed by atoms with E-state index < -0.39 is 36.0 Å². The second-order valence-electron chi connectivity index (χ2n) is 17.4. The molecule has 0 aromatic heterocycles. The lowest BCUT2D eigenvalue weighted by Crippen LogP contribution is -2.51. The van der Waals surface area contributed by atoms with Gasteiger partial charge >= 0.3 is 5.97 Å². The third-order valence-electron chi connectivity index (χ3n) is 11.6. The molecule has 0 saturated carbocycles. The maximum absolute atomic E-state index is 13.6. The van der Waals surface area contributed by atoms with Crippen molar-refractivity contribution in [2.75, 3.05) is 19.8 Å². The molecule has 0 rings (SSSR count). The van der Waals surface area contributed by atoms with Crippen LogP contribution in [0.5, 0.6) is 0 Å². The highest BCUT2D eigenvalue weighted by molar-refractivity contribution is 5.88. The summed E-state index contributed by atoms with van der Waals surface area (Å²) in [5.74, 6) is -1.85. The van der Waals surface area contributed by atoms with Crippen molar-refractivity contribution in [3.8, 4) is 0 Å². The van der Waals surface area contributed by atoms with Crippen LogP contribution in [0.4, 0.5) is 0 Å². The molecule has 0 aliphatic carbocycles. The lowest BCUT2D eigenvalue weighted by Gasteiger charge is -2.29. The fourth-order valence-electron chi connectivity index (χ4n) is 7.73. The number of hydrogen-bond acceptors (Lipinski definition) is 8. The molecule has 0 spiro atoms. The molecule has 60 heavy (non-hydrogen) atoms. The minimum absolute atomic E-state index is 0.0198. The standard InChI is InChI=1S/C49H95N3O8/c1-4-7-10-13-16-19-20-23-25-28-31-36-47(57)52(60-48(58)37-32-29-26-22-18-15-12-9-6-3)45(38-40-53)49(59)50-39-33-34-43(42-54)51-46(56)41-44(55)35-30-27-24-21-17-14-11-8-5-2/h43-45,53-55H,4-42H2,1-3H3,(H,50,59)(H,51,56)/t43?,44-,45?/m1/s1. The number of hydrogen-bond donors (Lipinski definition) is 5. The summed E-state index contributed by atoms with van der Waals surface area (Å²) < 4.78 is 0. The molecule has 0 bridgehead atoms. The highest BCUT2D eigenvalue weighted by Crippen LogP contribution is 2.17. The van der Waals surface area contributed by atoms with Gasteiger partial charge in [0.1, 0.15) is 0 Å². The molecule has 0 radical (unpaired) electrons. The van der Waals surface area contributed by atoms with E-state index in [1.54, 1.807) is 0 Å². The van der Waals surface area contributed by atoms with Gasteiger partial charge in [0.25, 0.3) is 5.91 Å². The number of rotatable bonds is 44. The minimum atomic E-state index is -1.18. The van der Waals surface area contributed by atoms with E-state index in [9.17, 15) is 34.5 Å². The van der Waals surface area contributed by atoms with Gasteiger partial charge in [0.2, 0.25) is 11.8 Å². The van der Waals surface area contributed by atoms with E-state index in [1.165, 1.54) is 116 Å². The Bertz CT molecular complexity index is 1020. The van der Waals surface area contributed by atoms with Crippen molar-refractivity contribution < 1.29 is 39.3 Å². The number of aliphatic hydroxyl groups is 3. The molecule has 0 aromatic carbocycles. The third-order valence-corrected chi connectivity index (χ3v) is 11.6. The van der Waals surface area contributed by atoms with Crippen molar-refractivity contribution in [1.29, 1.82) is 0 Å². The predicted molar refractivity (Wildman–Crippen MR) is 245 cm³/mol. The average Bonchev–Trinajstić information content (AvgIpc) is 3.23. The smallest absolute Gasteiger partial charge is 0.332 e. The van der Waals surface area contributed by atoms with E-state index in [4.69, 9.17) is 4.84 Å². The summed E-state index contributed by atoms with van der Waals surface area (Å²) >= 11 is 0. The van der Waals surface area contributed by atoms with Crippen molar-refractivity contribution in [2.24, 2.45) is 0 Å². The summed E-state index contributed by atoms with van der Waals surface area (Å²) in [5.41, 5.74) is 0. The number of unbranched alkanes of at least 4 members (excludes halogenated alkanes) is 26. The quantitative estimate of drug-likeness (QED) is 0.0298. The molecule has 3 amide bonds. The SMILES string of the molecule is CCCCCCCCCCCCCC(=O)N(OC(=O)CCCCCCCCCCC)C(CCO)C(=O)NCCCC(CO)NC(=O)C[C@H](O)CCCCCCCCCCC. The first-order valence-electron chi connectivity index (χ1n) is 25.2. The Hall–Kier alpha value is -2.24. The molecule has 0 heterocycles. The summed E-state index contributed by atoms with van der Waals surface area (Å²) in [6, 6.07) is -1.71. The second kappa shape index (κ2) is 43.4. The van der Waals surface area contributed by atoms with Gasteiger partial charge in [-0.05, 0) is 32.1 Å². The summed E-state index contributed by atoms with van der Waals surface area (Å²) in [7, 11) is 0. The lowest BCUT2D eigenvalue weighted by atomic mass is 10.0. The van der Waals surface area contributed by atoms with Crippen molar-refractivity contribution in [1.82, 2.24) is 15.7 Å². The van der Waals surface area contributed by atoms with E-state index >= 15 is 0 Å². The third kappa shape index (κ3) is 35.4. The van der Waals surface area contributed by atoms with Crippen LogP contribution in [0.15, 0.2) is 0 Å². The molecule has 5 N–H and O–H groups in total. The van der Waals surface area contributed by atoms with Gasteiger partial charge in [-0.15, -0.1) is 0 Å². The normalized spacial score (nSPS) is 12.8. The van der Waals surface area contributed by atoms with Gasteiger partial charge in [-0.1, -0.05) is 194 Å². The monoisotopic (exact) mass is 854 g/mol. The molecule has 11 nitrogen and oxygen atoms in total. The average molecular weight is 854 g/mol. The largest absolute Gasteiger partial charge is 0.396 e. The van der Waals surface area contributed by atoms with Gasteiger partial charge in [0.05, 0.1) is 25.2 Å². The molecule has 0 saturated heterocycles. The Balaban J connectivity index is 4.98. The fraction of sp³-hybridized carbons (Fsp3) is 0.918. The van der Waals surface area contributed by atoms with E-state index in [0.717, 1.165) is 62.9 Å². The zero-order valence-corrected chi connectivity index (χ0v) is 39.1. The van der Waals surface area contributed by atoms with Crippen molar-refractivity contribution >= 4 is 23.7 Å². The van der Waals surface area contributed by atoms with Crippen LogP contribution in [0.3, 0.4) is 0 Å². The van der Waals surface area contributed by atoms with E-state index in [-0.39, 0.29) is 51.3 Å². The molecule has 0 aliphatic rings. The van der Waals surface area contributed by atoms with Crippen LogP contribution in [-0.4, -0.2) is 82.0 Å². The fourth-order valence-corrected chi connectivity index (χ4v) is 7.73. The molecule has 2 unspecified atom stereocenters. The summed E-state index contributed by atoms with van der Waals surface area (Å²) in [6.45, 7) is 6.19. The van der Waals surface area contributed by atoms with E-state index in [1.807, 2.05) is 0 Å². The van der Waals surface area contributed by atoms with Gasteiger partial charge < -0.3 is 30.8 Å². The van der Waals surface area contributed by atoms with Crippen LogP contribution in [0, 0.1) is 0 Å². The van der Waals surface area contributed by atoms with Crippen LogP contribution in [-0.2, 0) is 24.0 Å². The molecule has 0 aromatic rings. The first-order valence-corrected chi connectivity index (χ1v) is 25.2. The zero-order chi connectivity index (χ0) is 44.3. The highest BCUT2D eigenvalue weighted by Gasteiger charge is 2.33. The molecular weight excluding hydrogens is 759 g/mol. The van der Waals surface area contributed by atoms with Crippen LogP contribution >= 0.6 is 0 Å². The van der Waals surface area contributed by atoms with Crippen LogP contribution in [0.1, 0.15) is 252 Å². The molecule has 354 valence electrons. The Morgan fingerprint density at radius 1 is 0.533 bits per heavy atom. The molecular formula is C49H95N3O8. The van der Waals surface area contributed by atoms with Crippen molar-refractivity contribution in [3.63, 3.8) is 0 Å². The Kier molecular flexibility index (Phi) is 41.8. The van der Waals surface area contributed by atoms with Crippen molar-refractivity contribution in [3.05, 3.63) is 0 Å². The summed E-state index contributed by atoms with van der Waals surface area (Å²) in [6.07, 6.45) is 33.9. The highest BCUT2D eigenvalue weighted by atomic mass is 16.7. The predicted octanol–water partition coefficient (Wildman–Crippen LogP) is 10.7. The lowest BCUT2D eigenvalue weighted by molar-refractivity contribution is -0.209. The topological polar surface area (TPSA) is 165 Å². The van der Waals surface area contributed by atoms with Crippen molar-refractivity contribution in [2.45, 2.75) is 270 Å². The second-order valence-corrected chi connectivity index (χ2v) is 17.4. The number of aliphatic hydroxyl groups excluding tert-OH is 3. The van der Waals surface area contributed by atoms with Gasteiger partial charge in [-0.2, -0.15) is 5.06 Å². The maximum atomic E-state index is 13.6. The van der Waals surface area contributed by atoms with Gasteiger partial charge in [-0.25, -0.2) is 4.79 Å². The Morgan fingerprint density at radius 2 is 0.967 bits per heavy atom. The number of nitrogens with one attached hydrogen (secondary N) is 2. The molecule has 0 fully saturated rings. The summed E-state index contributed by atoms with van der Waals surface area (Å²) in [5, 5.41) is 36.8. The number of carbonyl (C=O) groups is 4.